The van der Waals surface area contributed by atoms with Crippen molar-refractivity contribution < 1.29 is 18.8 Å². The molecule has 7 heteroatoms. The van der Waals surface area contributed by atoms with E-state index in [1.165, 1.54) is 6.39 Å². The fourth-order valence-electron chi connectivity index (χ4n) is 2.70. The smallest absolute Gasteiger partial charge is 0.257 e. The lowest BCUT2D eigenvalue weighted by molar-refractivity contribution is -0.00968. The van der Waals surface area contributed by atoms with Gasteiger partial charge in [0.15, 0.2) is 5.82 Å². The van der Waals surface area contributed by atoms with Crippen LogP contribution in [0.4, 0.5) is 0 Å². The summed E-state index contributed by atoms with van der Waals surface area (Å²) in [7, 11) is 1.57. The molecule has 0 radical (unpaired) electrons. The Kier molecular flexibility index (Phi) is 4.87. The molecule has 0 bridgehead atoms. The van der Waals surface area contributed by atoms with Crippen LogP contribution < -0.4 is 4.74 Å². The Balaban J connectivity index is 1.62. The number of methoxy groups -OCH3 is 1. The van der Waals surface area contributed by atoms with Gasteiger partial charge in [-0.1, -0.05) is 17.3 Å². The van der Waals surface area contributed by atoms with Crippen molar-refractivity contribution in [2.45, 2.75) is 25.6 Å². The van der Waals surface area contributed by atoms with Gasteiger partial charge in [-0.05, 0) is 25.0 Å². The number of likely N-dealkylation sites (tertiary alicyclic amines) is 1. The maximum Gasteiger partial charge on any atom is 0.257 e. The van der Waals surface area contributed by atoms with Crippen molar-refractivity contribution in [2.24, 2.45) is 0 Å². The Labute approximate surface area is 134 Å². The highest BCUT2D eigenvalue weighted by Crippen LogP contribution is 2.22. The minimum atomic E-state index is -0.0321. The number of nitrogens with zero attached hydrogens (tertiary/aromatic N) is 3. The zero-order chi connectivity index (χ0) is 16.1. The number of hydrogen-bond acceptors (Lipinski definition) is 6. The third-order valence-electron chi connectivity index (χ3n) is 3.86. The number of carbonyl (C=O) groups is 1. The van der Waals surface area contributed by atoms with Gasteiger partial charge in [0, 0.05) is 13.1 Å². The molecule has 1 aliphatic rings. The van der Waals surface area contributed by atoms with Crippen molar-refractivity contribution in [3.8, 4) is 5.75 Å². The van der Waals surface area contributed by atoms with Gasteiger partial charge in [-0.3, -0.25) is 4.79 Å². The van der Waals surface area contributed by atoms with Crippen LogP contribution in [0.15, 0.2) is 35.2 Å². The van der Waals surface area contributed by atoms with E-state index >= 15 is 0 Å². The lowest BCUT2D eigenvalue weighted by Gasteiger charge is -2.32. The van der Waals surface area contributed by atoms with Gasteiger partial charge in [0.2, 0.25) is 6.39 Å². The first-order valence-corrected chi connectivity index (χ1v) is 7.57. The van der Waals surface area contributed by atoms with Gasteiger partial charge < -0.3 is 18.9 Å². The second-order valence-electron chi connectivity index (χ2n) is 5.37. The quantitative estimate of drug-likeness (QED) is 0.838. The Hall–Kier alpha value is -2.41. The predicted octanol–water partition coefficient (Wildman–Crippen LogP) is 1.90. The SMILES string of the molecule is COc1ccccc1C(=O)N1CCCC(OCc2ncon2)C1. The number of amides is 1. The first-order valence-electron chi connectivity index (χ1n) is 7.57. The predicted molar refractivity (Wildman–Crippen MR) is 81.0 cm³/mol. The molecule has 0 aliphatic carbocycles. The largest absolute Gasteiger partial charge is 0.496 e. The highest BCUT2D eigenvalue weighted by atomic mass is 16.5. The van der Waals surface area contributed by atoms with Gasteiger partial charge in [0.25, 0.3) is 5.91 Å². The van der Waals surface area contributed by atoms with E-state index in [4.69, 9.17) is 9.47 Å². The van der Waals surface area contributed by atoms with E-state index in [9.17, 15) is 4.79 Å². The molecule has 1 aromatic carbocycles. The Morgan fingerprint density at radius 1 is 1.43 bits per heavy atom. The number of hydrogen-bond donors (Lipinski definition) is 0. The molecule has 0 N–H and O–H groups in total. The standard InChI is InChI=1S/C16H19N3O4/c1-21-14-7-3-2-6-13(14)16(20)19-8-4-5-12(9-19)22-10-15-17-11-23-18-15/h2-3,6-7,11-12H,4-5,8-10H2,1H3. The van der Waals surface area contributed by atoms with Gasteiger partial charge in [-0.2, -0.15) is 4.98 Å². The molecule has 7 nitrogen and oxygen atoms in total. The number of ether oxygens (including phenoxy) is 2. The number of para-hydroxylation sites is 1. The van der Waals surface area contributed by atoms with Gasteiger partial charge in [0.1, 0.15) is 12.4 Å². The molecular weight excluding hydrogens is 298 g/mol. The van der Waals surface area contributed by atoms with Gasteiger partial charge in [-0.25, -0.2) is 0 Å². The zero-order valence-electron chi connectivity index (χ0n) is 13.0. The summed E-state index contributed by atoms with van der Waals surface area (Å²) in [5.41, 5.74) is 0.578. The van der Waals surface area contributed by atoms with Crippen molar-refractivity contribution in [3.63, 3.8) is 0 Å². The van der Waals surface area contributed by atoms with Crippen LogP contribution in [0.1, 0.15) is 29.0 Å². The van der Waals surface area contributed by atoms with Crippen molar-refractivity contribution in [1.82, 2.24) is 15.0 Å². The first-order chi connectivity index (χ1) is 11.3. The van der Waals surface area contributed by atoms with Crippen molar-refractivity contribution >= 4 is 5.91 Å². The molecule has 122 valence electrons. The van der Waals surface area contributed by atoms with Crippen LogP contribution in [0.3, 0.4) is 0 Å². The lowest BCUT2D eigenvalue weighted by Crippen LogP contribution is -2.43. The van der Waals surface area contributed by atoms with E-state index in [1.54, 1.807) is 19.2 Å². The molecular formula is C16H19N3O4. The molecule has 1 atom stereocenters. The van der Waals surface area contributed by atoms with E-state index in [-0.39, 0.29) is 18.6 Å². The van der Waals surface area contributed by atoms with Crippen LogP contribution in [-0.4, -0.2) is 47.3 Å². The molecule has 1 amide bonds. The average molecular weight is 317 g/mol. The van der Waals surface area contributed by atoms with Crippen LogP contribution in [0.5, 0.6) is 5.75 Å². The molecule has 1 aliphatic heterocycles. The van der Waals surface area contributed by atoms with Crippen LogP contribution in [0.25, 0.3) is 0 Å². The normalized spacial score (nSPS) is 18.0. The zero-order valence-corrected chi connectivity index (χ0v) is 13.0. The van der Waals surface area contributed by atoms with Crippen molar-refractivity contribution in [3.05, 3.63) is 42.0 Å². The third-order valence-corrected chi connectivity index (χ3v) is 3.86. The van der Waals surface area contributed by atoms with Gasteiger partial charge in [0.05, 0.1) is 18.8 Å². The second-order valence-corrected chi connectivity index (χ2v) is 5.37. The van der Waals surface area contributed by atoms with Crippen LogP contribution in [0, 0.1) is 0 Å². The monoisotopic (exact) mass is 317 g/mol. The van der Waals surface area contributed by atoms with Crippen LogP contribution in [-0.2, 0) is 11.3 Å². The van der Waals surface area contributed by atoms with Gasteiger partial charge >= 0.3 is 0 Å². The average Bonchev–Trinajstić information content (AvgIpc) is 3.13. The summed E-state index contributed by atoms with van der Waals surface area (Å²) in [5.74, 6) is 1.07. The fraction of sp³-hybridized carbons (Fsp3) is 0.438. The number of aromatic nitrogens is 2. The number of benzene rings is 1. The van der Waals surface area contributed by atoms with E-state index in [0.717, 1.165) is 19.4 Å². The van der Waals surface area contributed by atoms with E-state index in [1.807, 2.05) is 17.0 Å². The van der Waals surface area contributed by atoms with Crippen LogP contribution >= 0.6 is 0 Å². The maximum absolute atomic E-state index is 12.7. The summed E-state index contributed by atoms with van der Waals surface area (Å²) in [4.78, 5) is 18.4. The van der Waals surface area contributed by atoms with E-state index < -0.39 is 0 Å². The maximum atomic E-state index is 12.7. The van der Waals surface area contributed by atoms with Crippen molar-refractivity contribution in [2.75, 3.05) is 20.2 Å². The van der Waals surface area contributed by atoms with Crippen molar-refractivity contribution in [1.29, 1.82) is 0 Å². The summed E-state index contributed by atoms with van der Waals surface area (Å²) >= 11 is 0. The molecule has 2 heterocycles. The number of piperidine rings is 1. The number of carbonyl (C=O) groups excluding carboxylic acids is 1. The highest BCUT2D eigenvalue weighted by molar-refractivity contribution is 5.97. The Bertz CT molecular complexity index is 645. The molecule has 3 rings (SSSR count). The molecule has 0 saturated carbocycles. The summed E-state index contributed by atoms with van der Waals surface area (Å²) in [6.07, 6.45) is 3.06. The van der Waals surface area contributed by atoms with Gasteiger partial charge in [-0.15, -0.1) is 0 Å². The molecule has 1 fully saturated rings. The van der Waals surface area contributed by atoms with E-state index in [2.05, 4.69) is 14.7 Å². The number of rotatable bonds is 5. The lowest BCUT2D eigenvalue weighted by atomic mass is 10.1. The molecule has 1 unspecified atom stereocenters. The minimum Gasteiger partial charge on any atom is -0.496 e. The summed E-state index contributed by atoms with van der Waals surface area (Å²) < 4.78 is 15.7. The highest BCUT2D eigenvalue weighted by Gasteiger charge is 2.26. The minimum absolute atomic E-state index is 0.0269. The summed E-state index contributed by atoms with van der Waals surface area (Å²) in [5, 5.41) is 3.72. The molecule has 1 saturated heterocycles. The molecule has 1 aromatic heterocycles. The fourth-order valence-corrected chi connectivity index (χ4v) is 2.70. The Morgan fingerprint density at radius 2 is 2.30 bits per heavy atom. The molecule has 2 aromatic rings. The topological polar surface area (TPSA) is 77.7 Å². The first kappa shape index (κ1) is 15.5. The summed E-state index contributed by atoms with van der Waals surface area (Å²) in [6, 6.07) is 7.26. The Morgan fingerprint density at radius 3 is 3.09 bits per heavy atom. The van der Waals surface area contributed by atoms with Crippen LogP contribution in [0.2, 0.25) is 0 Å². The molecule has 0 spiro atoms. The summed E-state index contributed by atoms with van der Waals surface area (Å²) in [6.45, 7) is 1.56. The second kappa shape index (κ2) is 7.23. The molecule has 23 heavy (non-hydrogen) atoms. The third kappa shape index (κ3) is 3.68. The van der Waals surface area contributed by atoms with E-state index in [0.29, 0.717) is 23.7 Å².